The van der Waals surface area contributed by atoms with Gasteiger partial charge in [0, 0.05) is 26.2 Å². The van der Waals surface area contributed by atoms with Crippen molar-refractivity contribution in [2.75, 3.05) is 40.0 Å². The smallest absolute Gasteiger partial charge is 0.169 e. The van der Waals surface area contributed by atoms with Crippen molar-refractivity contribution >= 4 is 17.3 Å². The molecule has 0 aliphatic carbocycles. The second kappa shape index (κ2) is 7.01. The summed E-state index contributed by atoms with van der Waals surface area (Å²) < 4.78 is 10.4. The van der Waals surface area contributed by atoms with Crippen LogP contribution in [0.2, 0.25) is 0 Å². The van der Waals surface area contributed by atoms with Crippen molar-refractivity contribution in [1.29, 1.82) is 0 Å². The molecule has 0 spiro atoms. The first-order valence-corrected chi connectivity index (χ1v) is 5.85. The Bertz CT molecular complexity index is 228. The summed E-state index contributed by atoms with van der Waals surface area (Å²) in [6, 6.07) is 0.188. The van der Waals surface area contributed by atoms with Gasteiger partial charge in [-0.05, 0) is 19.1 Å². The van der Waals surface area contributed by atoms with Gasteiger partial charge >= 0.3 is 0 Å². The molecule has 0 radical (unpaired) electrons. The summed E-state index contributed by atoms with van der Waals surface area (Å²) in [7, 11) is 1.66. The Hall–Kier alpha value is -0.430. The number of aliphatic hydroxyl groups is 1. The molecular formula is C10H20N2O3S. The second-order valence-corrected chi connectivity index (χ2v) is 4.31. The Kier molecular flexibility index (Phi) is 5.97. The molecule has 0 bridgehead atoms. The average Bonchev–Trinajstić information content (AvgIpc) is 2.29. The quantitative estimate of drug-likeness (QED) is 0.660. The molecule has 1 rings (SSSR count). The number of ether oxygens (including phenoxy) is 2. The number of thiocarbonyl (C=S) groups is 1. The first-order chi connectivity index (χ1) is 7.67. The van der Waals surface area contributed by atoms with Crippen molar-refractivity contribution in [2.45, 2.75) is 19.1 Å². The lowest BCUT2D eigenvalue weighted by Gasteiger charge is -2.34. The van der Waals surface area contributed by atoms with E-state index < -0.39 is 0 Å². The molecule has 2 N–H and O–H groups in total. The maximum absolute atomic E-state index is 9.02. The Labute approximate surface area is 102 Å². The van der Waals surface area contributed by atoms with Gasteiger partial charge < -0.3 is 24.8 Å². The van der Waals surface area contributed by atoms with E-state index in [0.717, 1.165) is 6.54 Å². The summed E-state index contributed by atoms with van der Waals surface area (Å²) in [5.74, 6) is 0. The third kappa shape index (κ3) is 4.21. The van der Waals surface area contributed by atoms with Crippen LogP contribution >= 0.6 is 12.2 Å². The van der Waals surface area contributed by atoms with Gasteiger partial charge in [0.25, 0.3) is 0 Å². The Balaban J connectivity index is 2.35. The first kappa shape index (κ1) is 13.6. The highest BCUT2D eigenvalue weighted by Crippen LogP contribution is 2.05. The number of hydrogen-bond acceptors (Lipinski definition) is 4. The molecule has 1 aliphatic rings. The maximum atomic E-state index is 9.02. The van der Waals surface area contributed by atoms with Crippen molar-refractivity contribution in [3.63, 3.8) is 0 Å². The molecule has 0 aromatic heterocycles. The summed E-state index contributed by atoms with van der Waals surface area (Å²) in [6.45, 7) is 4.68. The van der Waals surface area contributed by atoms with Crippen LogP contribution in [-0.2, 0) is 9.47 Å². The van der Waals surface area contributed by atoms with E-state index in [9.17, 15) is 0 Å². The van der Waals surface area contributed by atoms with Crippen LogP contribution in [0.5, 0.6) is 0 Å². The highest BCUT2D eigenvalue weighted by Gasteiger charge is 2.22. The molecule has 5 nitrogen and oxygen atoms in total. The fraction of sp³-hybridized carbons (Fsp3) is 0.900. The van der Waals surface area contributed by atoms with Gasteiger partial charge in [-0.15, -0.1) is 0 Å². The molecule has 94 valence electrons. The zero-order valence-electron chi connectivity index (χ0n) is 9.81. The number of hydrogen-bond donors (Lipinski definition) is 2. The lowest BCUT2D eigenvalue weighted by molar-refractivity contribution is -0.0344. The van der Waals surface area contributed by atoms with E-state index in [1.807, 2.05) is 11.8 Å². The number of aliphatic hydroxyl groups excluding tert-OH is 1. The van der Waals surface area contributed by atoms with Gasteiger partial charge in [-0.2, -0.15) is 0 Å². The normalized spacial score (nSPS) is 22.9. The molecule has 0 aromatic carbocycles. The number of nitrogens with zero attached hydrogens (tertiary/aromatic N) is 1. The fourth-order valence-corrected chi connectivity index (χ4v) is 1.98. The third-order valence-electron chi connectivity index (χ3n) is 2.42. The minimum atomic E-state index is -0.133. The summed E-state index contributed by atoms with van der Waals surface area (Å²) in [5, 5.41) is 12.9. The van der Waals surface area contributed by atoms with Crippen molar-refractivity contribution in [3.8, 4) is 0 Å². The van der Waals surface area contributed by atoms with Gasteiger partial charge in [0.15, 0.2) is 5.11 Å². The van der Waals surface area contributed by atoms with Crippen LogP contribution in [0.1, 0.15) is 6.92 Å². The minimum Gasteiger partial charge on any atom is -0.394 e. The predicted octanol–water partition coefficient (Wildman–Crippen LogP) is -0.411. The minimum absolute atomic E-state index is 0.0345. The molecule has 16 heavy (non-hydrogen) atoms. The molecule has 0 amide bonds. The van der Waals surface area contributed by atoms with Crippen LogP contribution in [-0.4, -0.2) is 67.3 Å². The van der Waals surface area contributed by atoms with E-state index in [-0.39, 0.29) is 18.8 Å². The number of morpholine rings is 1. The molecule has 6 heteroatoms. The standard InChI is InChI=1S/C10H20N2O3S/c1-8(7-14-2)11-10(16)12-3-4-15-9(5-12)6-13/h8-9,13H,3-7H2,1-2H3,(H,11,16). The highest BCUT2D eigenvalue weighted by atomic mass is 32.1. The molecule has 0 saturated carbocycles. The lowest BCUT2D eigenvalue weighted by Crippen LogP contribution is -2.52. The summed E-state index contributed by atoms with van der Waals surface area (Å²) in [4.78, 5) is 2.02. The topological polar surface area (TPSA) is 54.0 Å². The van der Waals surface area contributed by atoms with E-state index in [1.54, 1.807) is 7.11 Å². The molecule has 2 unspecified atom stereocenters. The van der Waals surface area contributed by atoms with Gasteiger partial charge in [0.2, 0.25) is 0 Å². The zero-order valence-corrected chi connectivity index (χ0v) is 10.6. The molecule has 1 aliphatic heterocycles. The molecule has 1 saturated heterocycles. The highest BCUT2D eigenvalue weighted by molar-refractivity contribution is 7.80. The van der Waals surface area contributed by atoms with Crippen molar-refractivity contribution in [3.05, 3.63) is 0 Å². The monoisotopic (exact) mass is 248 g/mol. The summed E-state index contributed by atoms with van der Waals surface area (Å²) in [6.07, 6.45) is -0.133. The SMILES string of the molecule is COCC(C)NC(=S)N1CCOC(CO)C1. The molecule has 0 aromatic rings. The van der Waals surface area contributed by atoms with E-state index in [4.69, 9.17) is 26.8 Å². The van der Waals surface area contributed by atoms with Crippen LogP contribution in [0.3, 0.4) is 0 Å². The van der Waals surface area contributed by atoms with Gasteiger partial charge in [0.05, 0.1) is 25.9 Å². The van der Waals surface area contributed by atoms with Crippen molar-refractivity contribution in [2.24, 2.45) is 0 Å². The number of nitrogens with one attached hydrogen (secondary N) is 1. The Morgan fingerprint density at radius 2 is 2.50 bits per heavy atom. The van der Waals surface area contributed by atoms with E-state index in [2.05, 4.69) is 5.32 Å². The first-order valence-electron chi connectivity index (χ1n) is 5.44. The Morgan fingerprint density at radius 3 is 3.12 bits per heavy atom. The number of methoxy groups -OCH3 is 1. The lowest BCUT2D eigenvalue weighted by atomic mass is 10.3. The van der Waals surface area contributed by atoms with E-state index in [0.29, 0.717) is 24.9 Å². The maximum Gasteiger partial charge on any atom is 0.169 e. The van der Waals surface area contributed by atoms with Gasteiger partial charge in [0.1, 0.15) is 0 Å². The van der Waals surface area contributed by atoms with Gasteiger partial charge in [-0.25, -0.2) is 0 Å². The van der Waals surface area contributed by atoms with Crippen LogP contribution in [0.4, 0.5) is 0 Å². The average molecular weight is 248 g/mol. The fourth-order valence-electron chi connectivity index (χ4n) is 1.61. The van der Waals surface area contributed by atoms with Crippen LogP contribution in [0.25, 0.3) is 0 Å². The zero-order chi connectivity index (χ0) is 12.0. The van der Waals surface area contributed by atoms with Crippen molar-refractivity contribution in [1.82, 2.24) is 10.2 Å². The summed E-state index contributed by atoms with van der Waals surface area (Å²) in [5.41, 5.74) is 0. The van der Waals surface area contributed by atoms with Crippen LogP contribution in [0.15, 0.2) is 0 Å². The van der Waals surface area contributed by atoms with Crippen LogP contribution in [0, 0.1) is 0 Å². The van der Waals surface area contributed by atoms with Crippen molar-refractivity contribution < 1.29 is 14.6 Å². The van der Waals surface area contributed by atoms with Gasteiger partial charge in [-0.3, -0.25) is 0 Å². The van der Waals surface area contributed by atoms with E-state index in [1.165, 1.54) is 0 Å². The largest absolute Gasteiger partial charge is 0.394 e. The molecule has 1 heterocycles. The van der Waals surface area contributed by atoms with Crippen LogP contribution < -0.4 is 5.32 Å². The molecule has 2 atom stereocenters. The Morgan fingerprint density at radius 1 is 1.75 bits per heavy atom. The second-order valence-electron chi connectivity index (χ2n) is 3.93. The van der Waals surface area contributed by atoms with E-state index >= 15 is 0 Å². The summed E-state index contributed by atoms with van der Waals surface area (Å²) >= 11 is 5.29. The molecule has 1 fully saturated rings. The molecular weight excluding hydrogens is 228 g/mol. The van der Waals surface area contributed by atoms with Gasteiger partial charge in [-0.1, -0.05) is 0 Å². The number of rotatable bonds is 4. The predicted molar refractivity (Wildman–Crippen MR) is 65.5 cm³/mol. The third-order valence-corrected chi connectivity index (χ3v) is 2.79.